The molecule has 0 saturated heterocycles. The van der Waals surface area contributed by atoms with Crippen LogP contribution in [-0.2, 0) is 13.1 Å². The Labute approximate surface area is 194 Å². The van der Waals surface area contributed by atoms with Gasteiger partial charge in [-0.2, -0.15) is 0 Å². The second-order valence-corrected chi connectivity index (χ2v) is 9.17. The third-order valence-electron chi connectivity index (χ3n) is 5.57. The highest BCUT2D eigenvalue weighted by atomic mass is 35.5. The number of carbonyl (C=O) groups excluding carboxylic acids is 2. The largest absolute Gasteiger partial charge is 0.344 e. The van der Waals surface area contributed by atoms with Gasteiger partial charge in [-0.1, -0.05) is 17.7 Å². The molecular weight excluding hydrogens is 442 g/mol. The lowest BCUT2D eigenvalue weighted by molar-refractivity contribution is 0.0984. The molecule has 0 unspecified atom stereocenters. The van der Waals surface area contributed by atoms with Crippen molar-refractivity contribution in [2.75, 3.05) is 10.2 Å². The fraction of sp³-hybridized carbons (Fsp3) is 0.120. The van der Waals surface area contributed by atoms with Gasteiger partial charge in [-0.25, -0.2) is 0 Å². The summed E-state index contributed by atoms with van der Waals surface area (Å²) in [5.74, 6) is -0.357. The van der Waals surface area contributed by atoms with Gasteiger partial charge in [-0.05, 0) is 72.5 Å². The van der Waals surface area contributed by atoms with Crippen LogP contribution in [0.4, 0.5) is 11.4 Å². The molecule has 160 valence electrons. The van der Waals surface area contributed by atoms with E-state index in [2.05, 4.69) is 9.88 Å². The summed E-state index contributed by atoms with van der Waals surface area (Å²) < 4.78 is 2.18. The Bertz CT molecular complexity index is 1320. The van der Waals surface area contributed by atoms with E-state index in [1.165, 1.54) is 0 Å². The molecule has 2 aromatic carbocycles. The quantitative estimate of drug-likeness (QED) is 0.408. The van der Waals surface area contributed by atoms with Crippen LogP contribution in [0.5, 0.6) is 0 Å². The van der Waals surface area contributed by atoms with Crippen LogP contribution >= 0.6 is 22.9 Å². The zero-order valence-corrected chi connectivity index (χ0v) is 18.9. The first-order valence-electron chi connectivity index (χ1n) is 10.2. The predicted molar refractivity (Wildman–Crippen MR) is 129 cm³/mol. The summed E-state index contributed by atoms with van der Waals surface area (Å²) in [6.45, 7) is 3.20. The number of nitrogens with zero attached hydrogens (tertiary/aromatic N) is 2. The van der Waals surface area contributed by atoms with Crippen molar-refractivity contribution in [3.8, 4) is 0 Å². The van der Waals surface area contributed by atoms with Gasteiger partial charge in [-0.15, -0.1) is 11.3 Å². The molecule has 2 aromatic heterocycles. The number of hydrogen-bond acceptors (Lipinski definition) is 3. The molecule has 0 aliphatic carbocycles. The van der Waals surface area contributed by atoms with Crippen molar-refractivity contribution in [2.24, 2.45) is 0 Å². The number of halogens is 1. The highest BCUT2D eigenvalue weighted by molar-refractivity contribution is 7.10. The minimum Gasteiger partial charge on any atom is -0.344 e. The zero-order chi connectivity index (χ0) is 22.2. The molecule has 0 spiro atoms. The van der Waals surface area contributed by atoms with Crippen LogP contribution in [0.3, 0.4) is 0 Å². The van der Waals surface area contributed by atoms with Crippen LogP contribution in [0.1, 0.15) is 36.9 Å². The maximum Gasteiger partial charge on any atom is 0.258 e. The van der Waals surface area contributed by atoms with Gasteiger partial charge in [0.15, 0.2) is 0 Å². The third kappa shape index (κ3) is 3.83. The monoisotopic (exact) mass is 461 g/mol. The Hall–Kier alpha value is -3.35. The number of fused-ring (bicyclic) bond motifs is 2. The predicted octanol–water partition coefficient (Wildman–Crippen LogP) is 5.97. The minimum absolute atomic E-state index is 0.0706. The molecule has 1 aliphatic rings. The van der Waals surface area contributed by atoms with Gasteiger partial charge in [0.25, 0.3) is 11.8 Å². The third-order valence-corrected chi connectivity index (χ3v) is 6.78. The van der Waals surface area contributed by atoms with E-state index in [1.54, 1.807) is 47.7 Å². The number of anilines is 2. The Morgan fingerprint density at radius 1 is 1.03 bits per heavy atom. The van der Waals surface area contributed by atoms with E-state index in [9.17, 15) is 9.59 Å². The molecule has 0 fully saturated rings. The van der Waals surface area contributed by atoms with E-state index < -0.39 is 0 Å². The van der Waals surface area contributed by atoms with E-state index in [0.29, 0.717) is 28.4 Å². The van der Waals surface area contributed by atoms with Gasteiger partial charge >= 0.3 is 0 Å². The lowest BCUT2D eigenvalue weighted by atomic mass is 10.1. The molecule has 2 amide bonds. The van der Waals surface area contributed by atoms with Crippen molar-refractivity contribution >= 4 is 46.1 Å². The fourth-order valence-corrected chi connectivity index (χ4v) is 5.07. The van der Waals surface area contributed by atoms with Crippen LogP contribution in [0.2, 0.25) is 5.02 Å². The second kappa shape index (κ2) is 8.30. The summed E-state index contributed by atoms with van der Waals surface area (Å²) in [5, 5.41) is 5.28. The standard InChI is InChI=1S/C25H20ClN3O2S/c1-16-4-9-20(21(26)13-16)24(30)27-18-7-5-17(6-8-18)25(31)29-14-19-3-2-11-28(19)15-23-22(29)10-12-32-23/h2-13H,14-15H2,1H3,(H,27,30). The van der Waals surface area contributed by atoms with Gasteiger partial charge in [0.05, 0.1) is 29.4 Å². The summed E-state index contributed by atoms with van der Waals surface area (Å²) >= 11 is 7.86. The fourth-order valence-electron chi connectivity index (χ4n) is 3.88. The zero-order valence-electron chi connectivity index (χ0n) is 17.3. The number of rotatable bonds is 3. The highest BCUT2D eigenvalue weighted by Gasteiger charge is 2.25. The van der Waals surface area contributed by atoms with Gasteiger partial charge in [0.1, 0.15) is 0 Å². The Morgan fingerprint density at radius 3 is 2.62 bits per heavy atom. The van der Waals surface area contributed by atoms with Gasteiger partial charge in [-0.3, -0.25) is 9.59 Å². The maximum absolute atomic E-state index is 13.4. The molecule has 7 heteroatoms. The number of thiophene rings is 1. The van der Waals surface area contributed by atoms with Crippen LogP contribution in [0, 0.1) is 6.92 Å². The lowest BCUT2D eigenvalue weighted by Gasteiger charge is -2.21. The van der Waals surface area contributed by atoms with Crippen LogP contribution in [-0.4, -0.2) is 16.4 Å². The summed E-state index contributed by atoms with van der Waals surface area (Å²) in [6, 6.07) is 18.3. The lowest BCUT2D eigenvalue weighted by Crippen LogP contribution is -2.30. The van der Waals surface area contributed by atoms with E-state index >= 15 is 0 Å². The molecule has 5 nitrogen and oxygen atoms in total. The molecular formula is C25H20ClN3O2S. The number of carbonyl (C=O) groups is 2. The SMILES string of the molecule is Cc1ccc(C(=O)Nc2ccc(C(=O)N3Cc4cccn4Cc4sccc43)cc2)c(Cl)c1. The maximum atomic E-state index is 13.4. The van der Waals surface area contributed by atoms with Gasteiger partial charge in [0, 0.05) is 28.0 Å². The minimum atomic E-state index is -0.287. The van der Waals surface area contributed by atoms with Crippen molar-refractivity contribution in [3.05, 3.63) is 105 Å². The Morgan fingerprint density at radius 2 is 1.84 bits per heavy atom. The van der Waals surface area contributed by atoms with E-state index in [-0.39, 0.29) is 11.8 Å². The smallest absolute Gasteiger partial charge is 0.258 e. The number of hydrogen-bond donors (Lipinski definition) is 1. The topological polar surface area (TPSA) is 54.3 Å². The van der Waals surface area contributed by atoms with Crippen molar-refractivity contribution in [1.82, 2.24) is 4.57 Å². The van der Waals surface area contributed by atoms with E-state index in [4.69, 9.17) is 11.6 Å². The molecule has 32 heavy (non-hydrogen) atoms. The van der Waals surface area contributed by atoms with E-state index in [0.717, 1.165) is 28.4 Å². The summed E-state index contributed by atoms with van der Waals surface area (Å²) in [6.07, 6.45) is 2.05. The normalized spacial score (nSPS) is 12.6. The Balaban J connectivity index is 1.36. The molecule has 1 aliphatic heterocycles. The molecule has 0 atom stereocenters. The first kappa shape index (κ1) is 20.5. The molecule has 0 radical (unpaired) electrons. The molecule has 4 aromatic rings. The molecule has 0 saturated carbocycles. The molecule has 5 rings (SSSR count). The molecule has 3 heterocycles. The molecule has 0 bridgehead atoms. The summed E-state index contributed by atoms with van der Waals surface area (Å²) in [4.78, 5) is 29.0. The number of aryl methyl sites for hydroxylation is 1. The van der Waals surface area contributed by atoms with E-state index in [1.807, 2.05) is 47.7 Å². The number of aromatic nitrogens is 1. The van der Waals surface area contributed by atoms with Crippen molar-refractivity contribution in [2.45, 2.75) is 20.0 Å². The average Bonchev–Trinajstić information content (AvgIpc) is 3.39. The van der Waals surface area contributed by atoms with Crippen molar-refractivity contribution < 1.29 is 9.59 Å². The van der Waals surface area contributed by atoms with Crippen LogP contribution in [0.25, 0.3) is 0 Å². The number of benzene rings is 2. The van der Waals surface area contributed by atoms with Gasteiger partial charge < -0.3 is 14.8 Å². The number of nitrogens with one attached hydrogen (secondary N) is 1. The Kier molecular flexibility index (Phi) is 5.33. The first-order valence-corrected chi connectivity index (χ1v) is 11.5. The van der Waals surface area contributed by atoms with Crippen molar-refractivity contribution in [1.29, 1.82) is 0 Å². The summed E-state index contributed by atoms with van der Waals surface area (Å²) in [5.41, 5.74) is 4.62. The second-order valence-electron chi connectivity index (χ2n) is 7.76. The van der Waals surface area contributed by atoms with Gasteiger partial charge in [0.2, 0.25) is 0 Å². The van der Waals surface area contributed by atoms with Crippen LogP contribution < -0.4 is 10.2 Å². The first-order chi connectivity index (χ1) is 15.5. The highest BCUT2D eigenvalue weighted by Crippen LogP contribution is 2.33. The van der Waals surface area contributed by atoms with Crippen LogP contribution in [0.15, 0.2) is 72.2 Å². The number of amides is 2. The summed E-state index contributed by atoms with van der Waals surface area (Å²) in [7, 11) is 0. The molecule has 1 N–H and O–H groups in total. The average molecular weight is 462 g/mol. The van der Waals surface area contributed by atoms with Crippen molar-refractivity contribution in [3.63, 3.8) is 0 Å².